The first-order chi connectivity index (χ1) is 17.2. The lowest BCUT2D eigenvalue weighted by molar-refractivity contribution is -0.141. The molecule has 6 nitrogen and oxygen atoms in total. The Morgan fingerprint density at radius 3 is 2.51 bits per heavy atom. The van der Waals surface area contributed by atoms with Gasteiger partial charge in [0.1, 0.15) is 5.82 Å². The van der Waals surface area contributed by atoms with Gasteiger partial charge in [-0.25, -0.2) is 0 Å². The van der Waals surface area contributed by atoms with Gasteiger partial charge in [0.05, 0.1) is 10.6 Å². The number of amides is 2. The van der Waals surface area contributed by atoms with Gasteiger partial charge >= 0.3 is 0 Å². The number of carbonyl (C=O) groups is 2. The molecule has 2 saturated carbocycles. The third-order valence-electron chi connectivity index (χ3n) is 9.50. The summed E-state index contributed by atoms with van der Waals surface area (Å²) < 4.78 is 6.02. The topological polar surface area (TPSA) is 56.8 Å². The Bertz CT molecular complexity index is 1200. The zero-order valence-electron chi connectivity index (χ0n) is 20.3. The molecular formula is C28H34N4O2S. The van der Waals surface area contributed by atoms with Crippen LogP contribution in [0.4, 0.5) is 5.82 Å². The molecule has 2 aromatic rings. The normalized spacial score (nSPS) is 31.3. The standard InChI is InChI=1S/C28H34N4O2S/c33-27-24-18-9-10-19(15-18)25(24)28(34)32(27)17-21-6-2-1-5-20(21)16-30-11-13-31(14-12-30)26-22-7-3-4-8-23(22)35-29-26/h3-4,7-8,18,20-21,24H,1-2,5-6,9-17H2/t18-,20-,21-,24+/m0/s1. The number of benzene rings is 1. The third-order valence-corrected chi connectivity index (χ3v) is 10.3. The van der Waals surface area contributed by atoms with Crippen LogP contribution in [0.15, 0.2) is 35.4 Å². The fourth-order valence-corrected chi connectivity index (χ4v) is 8.43. The number of aromatic nitrogens is 1. The van der Waals surface area contributed by atoms with Gasteiger partial charge in [0.25, 0.3) is 5.91 Å². The first-order valence-corrected chi connectivity index (χ1v) is 14.3. The molecule has 2 saturated heterocycles. The number of anilines is 1. The molecule has 2 amide bonds. The highest BCUT2D eigenvalue weighted by atomic mass is 32.1. The quantitative estimate of drug-likeness (QED) is 0.585. The number of carbonyl (C=O) groups excluding carboxylic acids is 2. The van der Waals surface area contributed by atoms with Crippen LogP contribution in [0.3, 0.4) is 0 Å². The molecule has 0 N–H and O–H groups in total. The maximum absolute atomic E-state index is 13.2. The van der Waals surface area contributed by atoms with E-state index in [1.165, 1.54) is 34.9 Å². The summed E-state index contributed by atoms with van der Waals surface area (Å²) in [5.41, 5.74) is 2.20. The molecule has 7 rings (SSSR count). The van der Waals surface area contributed by atoms with Crippen LogP contribution in [-0.2, 0) is 9.59 Å². The number of nitrogens with zero attached hydrogens (tertiary/aromatic N) is 4. The van der Waals surface area contributed by atoms with Crippen molar-refractivity contribution in [3.63, 3.8) is 0 Å². The number of rotatable bonds is 5. The van der Waals surface area contributed by atoms with Crippen LogP contribution >= 0.6 is 11.5 Å². The van der Waals surface area contributed by atoms with Crippen LogP contribution in [0.1, 0.15) is 44.9 Å². The van der Waals surface area contributed by atoms with Gasteiger partial charge < -0.3 is 4.90 Å². The molecule has 7 heteroatoms. The van der Waals surface area contributed by atoms with E-state index in [4.69, 9.17) is 4.37 Å². The first-order valence-electron chi connectivity index (χ1n) is 13.6. The van der Waals surface area contributed by atoms with Crippen molar-refractivity contribution in [1.29, 1.82) is 0 Å². The number of piperazine rings is 1. The van der Waals surface area contributed by atoms with E-state index < -0.39 is 0 Å². The highest BCUT2D eigenvalue weighted by molar-refractivity contribution is 7.13. The summed E-state index contributed by atoms with van der Waals surface area (Å²) in [5, 5.41) is 1.27. The lowest BCUT2D eigenvalue weighted by atomic mass is 9.78. The van der Waals surface area contributed by atoms with Crippen molar-refractivity contribution >= 4 is 39.3 Å². The molecular weight excluding hydrogens is 456 g/mol. The molecule has 1 aromatic carbocycles. The second-order valence-corrected chi connectivity index (χ2v) is 12.2. The maximum atomic E-state index is 13.2. The predicted octanol–water partition coefficient (Wildman–Crippen LogP) is 4.32. The minimum absolute atomic E-state index is 0.0608. The second kappa shape index (κ2) is 8.70. The summed E-state index contributed by atoms with van der Waals surface area (Å²) >= 11 is 1.59. The Labute approximate surface area is 211 Å². The molecule has 4 atom stereocenters. The van der Waals surface area contributed by atoms with Gasteiger partial charge in [0.15, 0.2) is 0 Å². The van der Waals surface area contributed by atoms with Gasteiger partial charge in [0.2, 0.25) is 5.91 Å². The highest BCUT2D eigenvalue weighted by Gasteiger charge is 2.54. The van der Waals surface area contributed by atoms with E-state index in [2.05, 4.69) is 34.1 Å². The minimum atomic E-state index is -0.0943. The number of hydrogen-bond donors (Lipinski definition) is 0. The van der Waals surface area contributed by atoms with Crippen molar-refractivity contribution < 1.29 is 9.59 Å². The van der Waals surface area contributed by atoms with E-state index >= 15 is 0 Å². The predicted molar refractivity (Wildman–Crippen MR) is 138 cm³/mol. The van der Waals surface area contributed by atoms with E-state index in [1.54, 1.807) is 16.4 Å². The zero-order valence-corrected chi connectivity index (χ0v) is 21.1. The smallest absolute Gasteiger partial charge is 0.257 e. The molecule has 0 radical (unpaired) electrons. The molecule has 2 aliphatic heterocycles. The number of likely N-dealkylation sites (tertiary alicyclic amines) is 1. The minimum Gasteiger partial charge on any atom is -0.353 e. The van der Waals surface area contributed by atoms with Crippen molar-refractivity contribution in [1.82, 2.24) is 14.2 Å². The Balaban J connectivity index is 0.997. The zero-order chi connectivity index (χ0) is 23.5. The average molecular weight is 491 g/mol. The van der Waals surface area contributed by atoms with Crippen molar-refractivity contribution in [2.75, 3.05) is 44.2 Å². The summed E-state index contributed by atoms with van der Waals surface area (Å²) in [5.74, 6) is 2.66. The maximum Gasteiger partial charge on any atom is 0.257 e. The van der Waals surface area contributed by atoms with E-state index in [1.807, 2.05) is 0 Å². The molecule has 0 spiro atoms. The van der Waals surface area contributed by atoms with Gasteiger partial charge in [-0.05, 0) is 73.5 Å². The summed E-state index contributed by atoms with van der Waals surface area (Å²) in [7, 11) is 0. The van der Waals surface area contributed by atoms with Crippen molar-refractivity contribution in [2.24, 2.45) is 23.7 Å². The van der Waals surface area contributed by atoms with Crippen LogP contribution in [0.5, 0.6) is 0 Å². The molecule has 0 unspecified atom stereocenters. The number of hydrogen-bond acceptors (Lipinski definition) is 6. The van der Waals surface area contributed by atoms with Crippen LogP contribution in [0.25, 0.3) is 10.1 Å². The fraction of sp³-hybridized carbons (Fsp3) is 0.607. The van der Waals surface area contributed by atoms with Crippen molar-refractivity contribution in [3.05, 3.63) is 35.4 Å². The SMILES string of the molecule is O=C1C2=C3CC[C@@H](C3)[C@H]2C(=O)N1C[C@@H]1CCCC[C@H]1CN1CCN(c2nsc3ccccc23)CC1. The van der Waals surface area contributed by atoms with Gasteiger partial charge in [-0.15, -0.1) is 0 Å². The van der Waals surface area contributed by atoms with Crippen LogP contribution in [0.2, 0.25) is 0 Å². The van der Waals surface area contributed by atoms with Gasteiger partial charge in [-0.1, -0.05) is 30.5 Å². The highest BCUT2D eigenvalue weighted by Crippen LogP contribution is 2.52. The van der Waals surface area contributed by atoms with Crippen molar-refractivity contribution in [2.45, 2.75) is 44.9 Å². The Kier molecular flexibility index (Phi) is 5.46. The van der Waals surface area contributed by atoms with E-state index in [-0.39, 0.29) is 17.7 Å². The third kappa shape index (κ3) is 3.65. The number of imide groups is 1. The molecule has 184 valence electrons. The Hall–Kier alpha value is -2.25. The largest absolute Gasteiger partial charge is 0.353 e. The van der Waals surface area contributed by atoms with Crippen molar-refractivity contribution in [3.8, 4) is 0 Å². The summed E-state index contributed by atoms with van der Waals surface area (Å²) in [6.45, 7) is 5.86. The summed E-state index contributed by atoms with van der Waals surface area (Å²) in [6.07, 6.45) is 8.00. The number of fused-ring (bicyclic) bond motifs is 5. The fourth-order valence-electron chi connectivity index (χ4n) is 7.63. The lowest BCUT2D eigenvalue weighted by Gasteiger charge is -2.40. The van der Waals surface area contributed by atoms with E-state index in [0.717, 1.165) is 69.8 Å². The summed E-state index contributed by atoms with van der Waals surface area (Å²) in [6, 6.07) is 8.52. The van der Waals surface area contributed by atoms with Crippen LogP contribution in [-0.4, -0.2) is 65.3 Å². The van der Waals surface area contributed by atoms with E-state index in [9.17, 15) is 9.59 Å². The Morgan fingerprint density at radius 2 is 1.71 bits per heavy atom. The molecule has 3 aliphatic carbocycles. The molecule has 3 heterocycles. The summed E-state index contributed by atoms with van der Waals surface area (Å²) in [4.78, 5) is 33.2. The van der Waals surface area contributed by atoms with Crippen LogP contribution in [0, 0.1) is 23.7 Å². The lowest BCUT2D eigenvalue weighted by Crippen LogP contribution is -2.49. The van der Waals surface area contributed by atoms with Gasteiger partial charge in [-0.2, -0.15) is 4.37 Å². The molecule has 1 aromatic heterocycles. The second-order valence-electron chi connectivity index (χ2n) is 11.3. The van der Waals surface area contributed by atoms with Gasteiger partial charge in [0, 0.05) is 50.2 Å². The molecule has 5 aliphatic rings. The average Bonchev–Trinajstić information content (AvgIpc) is 3.66. The number of allylic oxidation sites excluding steroid dienone is 1. The molecule has 4 fully saturated rings. The van der Waals surface area contributed by atoms with Gasteiger partial charge in [-0.3, -0.25) is 19.4 Å². The first kappa shape index (κ1) is 22.0. The Morgan fingerprint density at radius 1 is 0.943 bits per heavy atom. The molecule has 35 heavy (non-hydrogen) atoms. The van der Waals surface area contributed by atoms with E-state index in [0.29, 0.717) is 24.3 Å². The molecule has 2 bridgehead atoms. The van der Waals surface area contributed by atoms with Crippen LogP contribution < -0.4 is 4.90 Å². The monoisotopic (exact) mass is 490 g/mol.